The molecule has 1 saturated carbocycles. The summed E-state index contributed by atoms with van der Waals surface area (Å²) in [5, 5.41) is 4.24. The molecule has 0 spiro atoms. The summed E-state index contributed by atoms with van der Waals surface area (Å²) in [5.41, 5.74) is 2.31. The van der Waals surface area contributed by atoms with Gasteiger partial charge in [-0.1, -0.05) is 0 Å². The van der Waals surface area contributed by atoms with E-state index in [1.54, 1.807) is 10.9 Å². The molecule has 6 nitrogen and oxygen atoms in total. The first-order valence-corrected chi connectivity index (χ1v) is 9.43. The summed E-state index contributed by atoms with van der Waals surface area (Å²) < 4.78 is 7.69. The van der Waals surface area contributed by atoms with Crippen LogP contribution in [0.5, 0.6) is 0 Å². The SMILES string of the molecule is Cc1cnn(CC(=O)N2C[C@@H](COCC3CC3)[C@H](c3ccncc3)C2)c1. The first kappa shape index (κ1) is 17.2. The number of nitrogens with zero attached hydrogens (tertiary/aromatic N) is 4. The van der Waals surface area contributed by atoms with Crippen molar-refractivity contribution in [1.82, 2.24) is 19.7 Å². The fourth-order valence-electron chi connectivity index (χ4n) is 3.69. The maximum atomic E-state index is 12.8. The van der Waals surface area contributed by atoms with E-state index in [1.165, 1.54) is 18.4 Å². The number of rotatable bonds is 7. The van der Waals surface area contributed by atoms with E-state index in [9.17, 15) is 4.79 Å². The number of carbonyl (C=O) groups is 1. The Morgan fingerprint density at radius 2 is 2.04 bits per heavy atom. The van der Waals surface area contributed by atoms with Crippen molar-refractivity contribution in [2.45, 2.75) is 32.2 Å². The molecule has 2 aliphatic rings. The molecule has 1 amide bonds. The molecule has 0 unspecified atom stereocenters. The molecule has 1 saturated heterocycles. The Bertz CT molecular complexity index is 741. The number of carbonyl (C=O) groups excluding carboxylic acids is 1. The number of pyridine rings is 1. The van der Waals surface area contributed by atoms with Crippen LogP contribution in [0.2, 0.25) is 0 Å². The number of ether oxygens (including phenoxy) is 1. The van der Waals surface area contributed by atoms with Gasteiger partial charge in [0, 0.05) is 50.1 Å². The van der Waals surface area contributed by atoms with Crippen molar-refractivity contribution >= 4 is 5.91 Å². The van der Waals surface area contributed by atoms with Crippen molar-refractivity contribution in [1.29, 1.82) is 0 Å². The summed E-state index contributed by atoms with van der Waals surface area (Å²) in [7, 11) is 0. The van der Waals surface area contributed by atoms with Gasteiger partial charge in [0.2, 0.25) is 5.91 Å². The van der Waals surface area contributed by atoms with Gasteiger partial charge < -0.3 is 9.64 Å². The minimum absolute atomic E-state index is 0.122. The number of amides is 1. The second-order valence-corrected chi connectivity index (χ2v) is 7.64. The third-order valence-corrected chi connectivity index (χ3v) is 5.37. The lowest BCUT2D eigenvalue weighted by Gasteiger charge is -2.18. The minimum Gasteiger partial charge on any atom is -0.381 e. The summed E-state index contributed by atoms with van der Waals surface area (Å²) in [6.07, 6.45) is 9.94. The highest BCUT2D eigenvalue weighted by atomic mass is 16.5. The van der Waals surface area contributed by atoms with Gasteiger partial charge in [0.25, 0.3) is 0 Å². The maximum Gasteiger partial charge on any atom is 0.244 e. The highest BCUT2D eigenvalue weighted by Gasteiger charge is 2.36. The summed E-state index contributed by atoms with van der Waals surface area (Å²) in [6, 6.07) is 4.12. The molecule has 2 fully saturated rings. The number of aromatic nitrogens is 3. The number of likely N-dealkylation sites (tertiary alicyclic amines) is 1. The molecule has 0 bridgehead atoms. The highest BCUT2D eigenvalue weighted by Crippen LogP contribution is 2.34. The van der Waals surface area contributed by atoms with E-state index < -0.39 is 0 Å². The van der Waals surface area contributed by atoms with Crippen LogP contribution in [0.4, 0.5) is 0 Å². The molecule has 3 heterocycles. The van der Waals surface area contributed by atoms with Gasteiger partial charge in [0.1, 0.15) is 6.54 Å². The standard InChI is InChI=1S/C20H26N4O2/c1-15-8-22-24(9-15)12-20(25)23-10-18(14-26-13-16-2-3-16)19(11-23)17-4-6-21-7-5-17/h4-9,16,18-19H,2-3,10-14H2,1H3/t18-,19-/m0/s1. The number of hydrogen-bond acceptors (Lipinski definition) is 4. The average molecular weight is 354 g/mol. The Hall–Kier alpha value is -2.21. The molecule has 4 rings (SSSR count). The lowest BCUT2D eigenvalue weighted by Crippen LogP contribution is -2.32. The fraction of sp³-hybridized carbons (Fsp3) is 0.550. The Morgan fingerprint density at radius 1 is 1.23 bits per heavy atom. The lowest BCUT2D eigenvalue weighted by molar-refractivity contribution is -0.131. The van der Waals surface area contributed by atoms with Gasteiger partial charge in [-0.15, -0.1) is 0 Å². The fourth-order valence-corrected chi connectivity index (χ4v) is 3.69. The number of aryl methyl sites for hydroxylation is 1. The van der Waals surface area contributed by atoms with Crippen LogP contribution < -0.4 is 0 Å². The molecule has 138 valence electrons. The summed E-state index contributed by atoms with van der Waals surface area (Å²) in [6.45, 7) is 5.34. The molecule has 1 aliphatic heterocycles. The van der Waals surface area contributed by atoms with Crippen LogP contribution >= 0.6 is 0 Å². The molecular formula is C20H26N4O2. The molecule has 0 aromatic carbocycles. The van der Waals surface area contributed by atoms with Crippen molar-refractivity contribution in [3.63, 3.8) is 0 Å². The van der Waals surface area contributed by atoms with Crippen LogP contribution in [0, 0.1) is 18.8 Å². The maximum absolute atomic E-state index is 12.8. The van der Waals surface area contributed by atoms with Gasteiger partial charge in [0.05, 0.1) is 12.8 Å². The summed E-state index contributed by atoms with van der Waals surface area (Å²) >= 11 is 0. The Kier molecular flexibility index (Phi) is 5.02. The third-order valence-electron chi connectivity index (χ3n) is 5.37. The molecule has 2 aromatic rings. The predicted octanol–water partition coefficient (Wildman–Crippen LogP) is 2.26. The molecule has 26 heavy (non-hydrogen) atoms. The zero-order chi connectivity index (χ0) is 17.9. The van der Waals surface area contributed by atoms with Crippen molar-refractivity contribution in [2.24, 2.45) is 11.8 Å². The van der Waals surface area contributed by atoms with E-state index in [0.717, 1.165) is 31.2 Å². The van der Waals surface area contributed by atoms with Gasteiger partial charge in [-0.3, -0.25) is 14.5 Å². The van der Waals surface area contributed by atoms with Crippen LogP contribution in [0.1, 0.15) is 29.9 Å². The zero-order valence-corrected chi connectivity index (χ0v) is 15.3. The molecule has 2 atom stereocenters. The lowest BCUT2D eigenvalue weighted by atomic mass is 9.90. The Labute approximate surface area is 154 Å². The molecular weight excluding hydrogens is 328 g/mol. The smallest absolute Gasteiger partial charge is 0.244 e. The van der Waals surface area contributed by atoms with Gasteiger partial charge >= 0.3 is 0 Å². The summed E-state index contributed by atoms with van der Waals surface area (Å²) in [4.78, 5) is 18.8. The minimum atomic E-state index is 0.122. The Morgan fingerprint density at radius 3 is 2.73 bits per heavy atom. The van der Waals surface area contributed by atoms with Gasteiger partial charge in [0.15, 0.2) is 0 Å². The van der Waals surface area contributed by atoms with Crippen molar-refractivity contribution < 1.29 is 9.53 Å². The largest absolute Gasteiger partial charge is 0.381 e. The normalized spacial score (nSPS) is 22.7. The third kappa shape index (κ3) is 4.12. The van der Waals surface area contributed by atoms with E-state index in [2.05, 4.69) is 22.2 Å². The quantitative estimate of drug-likeness (QED) is 0.765. The molecule has 0 N–H and O–H groups in total. The van der Waals surface area contributed by atoms with Crippen molar-refractivity contribution in [2.75, 3.05) is 26.3 Å². The van der Waals surface area contributed by atoms with E-state index in [0.29, 0.717) is 25.0 Å². The van der Waals surface area contributed by atoms with Gasteiger partial charge in [-0.2, -0.15) is 5.10 Å². The Balaban J connectivity index is 1.42. The van der Waals surface area contributed by atoms with E-state index >= 15 is 0 Å². The topological polar surface area (TPSA) is 60.2 Å². The van der Waals surface area contributed by atoms with Crippen LogP contribution in [0.25, 0.3) is 0 Å². The van der Waals surface area contributed by atoms with Crippen LogP contribution in [0.15, 0.2) is 36.9 Å². The van der Waals surface area contributed by atoms with Crippen LogP contribution in [-0.4, -0.2) is 51.9 Å². The molecule has 6 heteroatoms. The molecule has 1 aliphatic carbocycles. The van der Waals surface area contributed by atoms with Crippen molar-refractivity contribution in [3.05, 3.63) is 48.0 Å². The zero-order valence-electron chi connectivity index (χ0n) is 15.3. The second kappa shape index (κ2) is 7.58. The highest BCUT2D eigenvalue weighted by molar-refractivity contribution is 5.76. The van der Waals surface area contributed by atoms with E-state index in [-0.39, 0.29) is 5.91 Å². The predicted molar refractivity (Wildman–Crippen MR) is 97.6 cm³/mol. The van der Waals surface area contributed by atoms with Crippen LogP contribution in [-0.2, 0) is 16.1 Å². The monoisotopic (exact) mass is 354 g/mol. The van der Waals surface area contributed by atoms with Gasteiger partial charge in [-0.05, 0) is 48.9 Å². The van der Waals surface area contributed by atoms with Gasteiger partial charge in [-0.25, -0.2) is 0 Å². The first-order valence-electron chi connectivity index (χ1n) is 9.43. The van der Waals surface area contributed by atoms with Crippen LogP contribution in [0.3, 0.4) is 0 Å². The van der Waals surface area contributed by atoms with Crippen molar-refractivity contribution in [3.8, 4) is 0 Å². The number of hydrogen-bond donors (Lipinski definition) is 0. The van der Waals surface area contributed by atoms with E-state index in [4.69, 9.17) is 4.74 Å². The summed E-state index contributed by atoms with van der Waals surface area (Å²) in [5.74, 6) is 1.52. The first-order chi connectivity index (χ1) is 12.7. The van der Waals surface area contributed by atoms with E-state index in [1.807, 2.05) is 30.4 Å². The molecule has 2 aromatic heterocycles. The second-order valence-electron chi connectivity index (χ2n) is 7.64. The average Bonchev–Trinajstić information content (AvgIpc) is 3.22. The molecule has 0 radical (unpaired) electrons.